The Morgan fingerprint density at radius 1 is 2.00 bits per heavy atom. The van der Waals surface area contributed by atoms with Gasteiger partial charge in [-0.1, -0.05) is 0 Å². The highest BCUT2D eigenvalue weighted by atomic mass is 15.1. The van der Waals surface area contributed by atoms with Crippen LogP contribution in [0.25, 0.3) is 0 Å². The van der Waals surface area contributed by atoms with Crippen LogP contribution in [0.2, 0.25) is 0 Å². The Morgan fingerprint density at radius 3 is 3.20 bits per heavy atom. The molecule has 0 aliphatic heterocycles. The van der Waals surface area contributed by atoms with Gasteiger partial charge in [-0.25, -0.2) is 0 Å². The van der Waals surface area contributed by atoms with E-state index in [1.54, 1.807) is 12.4 Å². The van der Waals surface area contributed by atoms with Crippen molar-refractivity contribution in [3.63, 3.8) is 0 Å². The lowest BCUT2D eigenvalue weighted by Crippen LogP contribution is -1.53. The zero-order valence-electron chi connectivity index (χ0n) is 4.68. The Labute approximate surface area is 32.9 Å². The number of hydrogen-bond donors (Lipinski definition) is 1. The topological polar surface area (TPSA) is 28.7 Å². The van der Waals surface area contributed by atoms with Crippen LogP contribution < -0.4 is 0 Å². The second-order valence-corrected chi connectivity index (χ2v) is 0.766. The minimum Gasteiger partial charge on any atom is -0.286 e. The summed E-state index contributed by atoms with van der Waals surface area (Å²) in [5.41, 5.74) is 0. The predicted octanol–water partition coefficient (Wildman–Crippen LogP) is 0.656. The van der Waals surface area contributed by atoms with E-state index in [4.69, 9.17) is 2.97 Å². The fourth-order valence-electron chi connectivity index (χ4n) is 0.215. The van der Waals surface area contributed by atoms with Gasteiger partial charge >= 0.3 is 0 Å². The number of rotatable bonds is 0. The van der Waals surface area contributed by atoms with Crippen LogP contribution in [0.4, 0.5) is 0 Å². The summed E-state index contributed by atoms with van der Waals surface area (Å²) in [6, 6.07) is 1.83. The van der Waals surface area contributed by atoms with Gasteiger partial charge < -0.3 is 0 Å². The molecule has 1 aromatic rings. The van der Waals surface area contributed by atoms with E-state index >= 15 is 0 Å². The van der Waals surface area contributed by atoms with E-state index < -0.39 is 0 Å². The van der Waals surface area contributed by atoms with Crippen molar-refractivity contribution in [1.82, 2.24) is 10.2 Å². The monoisotopic (exact) mass is 72.1 g/mol. The van der Waals surface area contributed by atoms with E-state index in [-0.39, 0.29) is 0 Å². The summed E-state index contributed by atoms with van der Waals surface area (Å²) in [4.78, 5) is 0. The number of H-pyrrole nitrogens is 1. The van der Waals surface area contributed by atoms with Gasteiger partial charge in [0, 0.05) is 15.4 Å². The van der Waals surface area contributed by atoms with Crippen molar-refractivity contribution < 1.29 is 2.97 Å². The highest BCUT2D eigenvalue weighted by Gasteiger charge is 1.56. The molecule has 0 bridgehead atoms. The predicted molar refractivity (Wildman–Crippen MR) is 20.7 cm³/mol. The van der Waals surface area contributed by atoms with E-state index in [2.05, 4.69) is 10.2 Å². The molecule has 0 aliphatic carbocycles. The highest BCUT2D eigenvalue weighted by Crippen LogP contribution is 1.64. The fourth-order valence-corrected chi connectivity index (χ4v) is 0.215. The summed E-state index contributed by atoms with van der Waals surface area (Å²) < 4.78 is 10.0. The van der Waals surface area contributed by atoms with Crippen molar-refractivity contribution in [2.45, 2.75) is 0 Å². The number of hydrogen-bond acceptors (Lipinski definition) is 1. The van der Waals surface area contributed by atoms with Crippen LogP contribution in [0.15, 0.2) is 18.5 Å². The molecule has 0 atom stereocenters. The second-order valence-electron chi connectivity index (χ2n) is 0.766. The lowest BCUT2D eigenvalue weighted by Gasteiger charge is -1.49. The molecule has 5 heavy (non-hydrogen) atoms. The Bertz CT molecular complexity index is 67.4. The van der Waals surface area contributed by atoms with Gasteiger partial charge in [-0.05, 0) is 6.07 Å². The van der Waals surface area contributed by atoms with Gasteiger partial charge in [0.05, 0.1) is 0 Å². The normalized spacial score (nSPS) is 9.60. The minimum absolute atomic E-state index is 1.69. The van der Waals surface area contributed by atoms with Crippen LogP contribution >= 0.6 is 0 Å². The van der Waals surface area contributed by atoms with Crippen LogP contribution in [0.5, 0.6) is 0 Å². The molecular formula is C3H6N2. The summed E-state index contributed by atoms with van der Waals surface area (Å²) >= 11 is 0. The summed E-state index contributed by atoms with van der Waals surface area (Å²) in [6.07, 6.45) is 3.46. The maximum Gasteiger partial charge on any atom is 0.0487 e. The van der Waals surface area contributed by atoms with E-state index in [1.807, 2.05) is 6.07 Å². The van der Waals surface area contributed by atoms with Crippen molar-refractivity contribution in [2.24, 2.45) is 0 Å². The zero-order chi connectivity index (χ0) is 5.54. The third-order valence-corrected chi connectivity index (χ3v) is 0.406. The largest absolute Gasteiger partial charge is 0.286 e. The molecule has 0 unspecified atom stereocenters. The summed E-state index contributed by atoms with van der Waals surface area (Å²) in [5, 5.41) is 6.21. The van der Waals surface area contributed by atoms with Crippen LogP contribution in [0.1, 0.15) is 2.97 Å². The van der Waals surface area contributed by atoms with Crippen molar-refractivity contribution in [3.05, 3.63) is 18.5 Å². The van der Waals surface area contributed by atoms with E-state index in [0.29, 0.717) is 0 Å². The molecule has 0 aliphatic rings. The molecule has 0 saturated heterocycles. The quantitative estimate of drug-likeness (QED) is 0.479. The van der Waals surface area contributed by atoms with E-state index in [9.17, 15) is 0 Å². The molecule has 1 heterocycles. The van der Waals surface area contributed by atoms with Crippen molar-refractivity contribution in [1.29, 1.82) is 0 Å². The first-order valence-electron chi connectivity index (χ1n) is 2.44. The first-order valence-corrected chi connectivity index (χ1v) is 1.44. The maximum absolute atomic E-state index is 5.00. The molecule has 0 saturated carbocycles. The molecule has 2 heteroatoms. The fraction of sp³-hybridized carbons (Fsp3) is 0. The summed E-state index contributed by atoms with van der Waals surface area (Å²) in [5.74, 6) is 0. The van der Waals surface area contributed by atoms with Gasteiger partial charge in [0.2, 0.25) is 0 Å². The third kappa shape index (κ3) is 0.265. The Balaban J connectivity index is 0.000000162. The number of aromatic amines is 1. The van der Waals surface area contributed by atoms with Gasteiger partial charge in [-0.15, -0.1) is 0 Å². The lowest BCUT2D eigenvalue weighted by atomic mass is 10.8. The first kappa shape index (κ1) is 1.60. The first-order chi connectivity index (χ1) is 3.50. The van der Waals surface area contributed by atoms with Crippen LogP contribution in [-0.4, -0.2) is 10.2 Å². The molecule has 0 spiro atoms. The molecule has 0 fully saturated rings. The molecule has 2 nitrogen and oxygen atoms in total. The molecule has 1 aromatic heterocycles. The Morgan fingerprint density at radius 2 is 3.00 bits per heavy atom. The highest BCUT2D eigenvalue weighted by molar-refractivity contribution is 4.72. The average Bonchev–Trinajstić information content (AvgIpc) is 2.23. The molecule has 0 aromatic carbocycles. The Hall–Kier alpha value is -0.790. The molecule has 0 radical (unpaired) electrons. The van der Waals surface area contributed by atoms with Crippen molar-refractivity contribution in [3.8, 4) is 0 Å². The zero-order valence-corrected chi connectivity index (χ0v) is 2.68. The van der Waals surface area contributed by atoms with Gasteiger partial charge in [-0.3, -0.25) is 5.10 Å². The standard InChI is InChI=1S/C3H4N2.H2/c1-2-4-5-3-1;/h1-3H,(H,4,5);1H/i;1+1D. The van der Waals surface area contributed by atoms with Crippen molar-refractivity contribution >= 4 is 0 Å². The maximum atomic E-state index is 5.00. The molecule has 1 N–H and O–H groups in total. The lowest BCUT2D eigenvalue weighted by molar-refractivity contribution is 1.09. The molecular weight excluding hydrogens is 64.0 g/mol. The summed E-state index contributed by atoms with van der Waals surface area (Å²) in [7, 11) is 0. The SMILES string of the molecule is [2H][2H].c1cn[nH]c1. The third-order valence-electron chi connectivity index (χ3n) is 0.406. The number of aromatic nitrogens is 2. The Kier molecular flexibility index (Phi) is 0.283. The van der Waals surface area contributed by atoms with E-state index in [0.717, 1.165) is 0 Å². The molecule has 0 amide bonds. The van der Waals surface area contributed by atoms with Crippen LogP contribution in [0.3, 0.4) is 0 Å². The molecule has 28 valence electrons. The average molecular weight is 72.1 g/mol. The smallest absolute Gasteiger partial charge is 0.0487 e. The van der Waals surface area contributed by atoms with Crippen molar-refractivity contribution in [2.75, 3.05) is 0 Å². The summed E-state index contributed by atoms with van der Waals surface area (Å²) in [6.45, 7) is 0. The van der Waals surface area contributed by atoms with Gasteiger partial charge in [0.25, 0.3) is 0 Å². The van der Waals surface area contributed by atoms with Crippen LogP contribution in [0, 0.1) is 0 Å². The second kappa shape index (κ2) is 0.885. The van der Waals surface area contributed by atoms with Gasteiger partial charge in [-0.2, -0.15) is 5.10 Å². The number of nitrogens with zero attached hydrogens (tertiary/aromatic N) is 1. The van der Waals surface area contributed by atoms with Crippen LogP contribution in [-0.2, 0) is 0 Å². The van der Waals surface area contributed by atoms with Gasteiger partial charge in [0.1, 0.15) is 0 Å². The minimum atomic E-state index is 1.69. The van der Waals surface area contributed by atoms with E-state index in [1.165, 1.54) is 0 Å². The number of nitrogens with one attached hydrogen (secondary N) is 1. The molecule has 1 rings (SSSR count). The van der Waals surface area contributed by atoms with Gasteiger partial charge in [0.15, 0.2) is 0 Å².